The summed E-state index contributed by atoms with van der Waals surface area (Å²) in [5.41, 5.74) is 38.5. The third-order valence-electron chi connectivity index (χ3n) is 15.6. The second-order valence-electron chi connectivity index (χ2n) is 25.4. The number of allylic oxidation sites excluding steroid dienone is 4. The van der Waals surface area contributed by atoms with E-state index in [1.165, 1.54) is 77.0 Å². The van der Waals surface area contributed by atoms with Gasteiger partial charge in [-0.2, -0.15) is 39.5 Å². The summed E-state index contributed by atoms with van der Waals surface area (Å²) >= 11 is 0. The van der Waals surface area contributed by atoms with Gasteiger partial charge in [0.05, 0.1) is 0 Å². The number of carbonyl (C=O) groups excluding carboxylic acids is 7. The molecule has 0 saturated heterocycles. The fourth-order valence-electron chi connectivity index (χ4n) is 9.77. The minimum absolute atomic E-state index is 0.0308. The van der Waals surface area contributed by atoms with Gasteiger partial charge in [-0.3, -0.25) is 48.5 Å². The zero-order valence-electron chi connectivity index (χ0n) is 63.0. The number of amides is 7. The first-order chi connectivity index (χ1) is 50.8. The predicted octanol–water partition coefficient (Wildman–Crippen LogP) is 8.68. The molecule has 0 radical (unpaired) electrons. The Kier molecular flexibility index (Phi) is 66.3. The number of nitrogens with zero attached hydrogens (tertiary/aromatic N) is 4. The molecular formula is C70H125F9N16O13. The third kappa shape index (κ3) is 72.9. The molecule has 22 N–H and O–H groups in total. The van der Waals surface area contributed by atoms with E-state index < -0.39 is 78.2 Å². The summed E-state index contributed by atoms with van der Waals surface area (Å²) in [5, 5.41) is 35.4. The fourth-order valence-corrected chi connectivity index (χ4v) is 9.77. The van der Waals surface area contributed by atoms with Crippen LogP contribution in [0.4, 0.5) is 39.5 Å². The van der Waals surface area contributed by atoms with Crippen molar-refractivity contribution in [2.24, 2.45) is 55.1 Å². The van der Waals surface area contributed by atoms with Crippen molar-refractivity contribution in [3.05, 3.63) is 24.3 Å². The summed E-state index contributed by atoms with van der Waals surface area (Å²) in [4.78, 5) is 133. The van der Waals surface area contributed by atoms with Crippen LogP contribution in [0.1, 0.15) is 258 Å². The molecule has 0 aromatic heterocycles. The van der Waals surface area contributed by atoms with Crippen LogP contribution in [0.15, 0.2) is 39.3 Å². The van der Waals surface area contributed by atoms with Gasteiger partial charge in [-0.1, -0.05) is 141 Å². The molecule has 0 fully saturated rings. The van der Waals surface area contributed by atoms with E-state index in [9.17, 15) is 73.1 Å². The van der Waals surface area contributed by atoms with E-state index in [0.29, 0.717) is 58.3 Å². The van der Waals surface area contributed by atoms with E-state index in [2.05, 4.69) is 79.7 Å². The van der Waals surface area contributed by atoms with Gasteiger partial charge < -0.3 is 86.9 Å². The van der Waals surface area contributed by atoms with Crippen LogP contribution in [0.3, 0.4) is 0 Å². The summed E-state index contributed by atoms with van der Waals surface area (Å²) in [6.45, 7) is 6.29. The van der Waals surface area contributed by atoms with Crippen molar-refractivity contribution < 1.29 is 103 Å². The van der Waals surface area contributed by atoms with Crippen molar-refractivity contribution >= 4 is 77.1 Å². The number of primary amides is 1. The van der Waals surface area contributed by atoms with E-state index >= 15 is 0 Å². The first-order valence-corrected chi connectivity index (χ1v) is 37.2. The minimum Gasteiger partial charge on any atom is -0.475 e. The Balaban J connectivity index is -0.00000222. The molecule has 3 atom stereocenters. The molecule has 29 nitrogen and oxygen atoms in total. The molecule has 0 bridgehead atoms. The van der Waals surface area contributed by atoms with E-state index in [-0.39, 0.29) is 100 Å². The smallest absolute Gasteiger partial charge is 0.475 e. The molecule has 0 unspecified atom stereocenters. The molecule has 0 aliphatic rings. The van der Waals surface area contributed by atoms with Crippen molar-refractivity contribution in [3.63, 3.8) is 0 Å². The van der Waals surface area contributed by atoms with E-state index in [1.54, 1.807) is 4.90 Å². The van der Waals surface area contributed by atoms with Gasteiger partial charge in [-0.05, 0) is 116 Å². The summed E-state index contributed by atoms with van der Waals surface area (Å²) in [6, 6.07) is -3.53. The largest absolute Gasteiger partial charge is 0.490 e. The van der Waals surface area contributed by atoms with E-state index in [4.69, 9.17) is 69.8 Å². The van der Waals surface area contributed by atoms with Gasteiger partial charge in [0.15, 0.2) is 17.9 Å². The van der Waals surface area contributed by atoms with Crippen LogP contribution in [0.25, 0.3) is 0 Å². The highest BCUT2D eigenvalue weighted by Gasteiger charge is 2.40. The average molecular weight is 1570 g/mol. The second kappa shape index (κ2) is 67.7. The number of aliphatic carboxylic acids is 3. The number of halogens is 9. The highest BCUT2D eigenvalue weighted by Crippen LogP contribution is 2.17. The lowest BCUT2D eigenvalue weighted by molar-refractivity contribution is -0.193. The summed E-state index contributed by atoms with van der Waals surface area (Å²) < 4.78 is 95.2. The first-order valence-electron chi connectivity index (χ1n) is 37.2. The summed E-state index contributed by atoms with van der Waals surface area (Å²) in [7, 11) is 0. The van der Waals surface area contributed by atoms with Crippen LogP contribution in [-0.4, -0.2) is 180 Å². The maximum absolute atomic E-state index is 14.0. The number of unbranched alkanes of at least 4 members (excludes halogenated alkanes) is 22. The van der Waals surface area contributed by atoms with Crippen LogP contribution in [0.2, 0.25) is 0 Å². The molecular weight excluding hydrogens is 1440 g/mol. The number of guanidine groups is 3. The number of hydrogen-bond donors (Lipinski definition) is 15. The highest BCUT2D eigenvalue weighted by molar-refractivity contribution is 5.94. The summed E-state index contributed by atoms with van der Waals surface area (Å²) in [6.07, 6.45) is 27.1. The van der Waals surface area contributed by atoms with Crippen LogP contribution < -0.4 is 66.7 Å². The molecule has 0 spiro atoms. The number of nitrogens with one attached hydrogen (secondary N) is 5. The van der Waals surface area contributed by atoms with Gasteiger partial charge in [0, 0.05) is 71.5 Å². The van der Waals surface area contributed by atoms with Crippen molar-refractivity contribution in [1.29, 1.82) is 0 Å². The molecule has 38 heteroatoms. The van der Waals surface area contributed by atoms with E-state index in [0.717, 1.165) is 89.9 Å². The normalized spacial score (nSPS) is 12.0. The van der Waals surface area contributed by atoms with Gasteiger partial charge >= 0.3 is 36.4 Å². The maximum Gasteiger partial charge on any atom is 0.490 e. The van der Waals surface area contributed by atoms with Gasteiger partial charge in [-0.15, -0.1) is 0 Å². The second-order valence-corrected chi connectivity index (χ2v) is 25.4. The summed E-state index contributed by atoms with van der Waals surface area (Å²) in [5.74, 6) is -11.9. The molecule has 0 aliphatic carbocycles. The molecule has 0 aromatic rings. The maximum atomic E-state index is 14.0. The Morgan fingerprint density at radius 1 is 0.361 bits per heavy atom. The van der Waals surface area contributed by atoms with Crippen LogP contribution in [-0.2, 0) is 47.9 Å². The lowest BCUT2D eigenvalue weighted by atomic mass is 10.1. The molecule has 0 aliphatic heterocycles. The Hall–Kier alpha value is -8.64. The topological polar surface area (TPSA) is 514 Å². The standard InChI is InChI=1S/C64H122N16O7.3C2HF3O2/c1-3-5-7-9-11-13-15-17-19-21-23-25-27-29-31-41-55(81)72-48-36-50-80(51-37-49-73-56(82)42-32-30-28-26-24-22-20-18-16-14-12-10-8-6-4-2)58(84)44-43-57(83)77-53(39-34-46-75-63(68)69)60(86)79-54(40-35-47-76-64(70)71)61(87)78-52(59(65)85)38-33-45-74-62(66)67;3*3-2(4,5)1(6)7/h17-20,52-54H,3-16,21-51H2,1-2H3,(H2,65,85)(H,72,81)(H,73,82)(H,77,83)(H,78,87)(H,79,86)(H4,66,67,74)(H4,68,69,75)(H4,70,71,76);3*(H,6,7)/b19-17-,20-18-;;;/t52-,53-,54-;;;/m0.../s1. The molecule has 0 saturated carbocycles. The van der Waals surface area contributed by atoms with Gasteiger partial charge in [0.25, 0.3) is 0 Å². The predicted molar refractivity (Wildman–Crippen MR) is 396 cm³/mol. The Morgan fingerprint density at radius 3 is 0.935 bits per heavy atom. The van der Waals surface area contributed by atoms with Crippen molar-refractivity contribution in [1.82, 2.24) is 31.5 Å². The van der Waals surface area contributed by atoms with Gasteiger partial charge in [0.1, 0.15) is 18.1 Å². The Labute approximate surface area is 629 Å². The fraction of sp³-hybridized carbons (Fsp3) is 0.757. The molecule has 108 heavy (non-hydrogen) atoms. The molecule has 7 amide bonds. The van der Waals surface area contributed by atoms with Crippen LogP contribution in [0, 0.1) is 0 Å². The zero-order chi connectivity index (χ0) is 82.6. The van der Waals surface area contributed by atoms with Crippen molar-refractivity contribution in [3.8, 4) is 0 Å². The number of hydrogen-bond acceptors (Lipinski definition) is 13. The first kappa shape index (κ1) is 106. The average Bonchev–Trinajstić information content (AvgIpc) is 0.872. The van der Waals surface area contributed by atoms with Crippen LogP contribution >= 0.6 is 0 Å². The molecule has 626 valence electrons. The minimum atomic E-state index is -5.08. The molecule has 0 rings (SSSR count). The molecule has 0 aromatic carbocycles. The number of rotatable bonds is 59. The highest BCUT2D eigenvalue weighted by atomic mass is 19.4. The SMILES string of the molecule is CCCCCCCC/C=C\CCCCCCCC(=O)NCCCN(CCCNC(=O)CCCCCCC/C=C\CCCCCCCC)C(=O)CCC(=O)N[C@@H](CCCN=C(N)N)C(=O)N[C@@H](CCCN=C(N)N)C(=O)N[C@@H](CCCN=C(N)N)C(N)=O.O=C(O)C(F)(F)F.O=C(O)C(F)(F)F.O=C(O)C(F)(F)F. The van der Waals surface area contributed by atoms with E-state index in [1.807, 2.05) is 0 Å². The van der Waals surface area contributed by atoms with Crippen molar-refractivity contribution in [2.75, 3.05) is 45.8 Å². The Morgan fingerprint density at radius 2 is 0.639 bits per heavy atom. The quantitative estimate of drug-likeness (QED) is 0.00889. The van der Waals surface area contributed by atoms with Crippen molar-refractivity contribution in [2.45, 2.75) is 294 Å². The lowest BCUT2D eigenvalue weighted by Gasteiger charge is -2.25. The molecule has 0 heterocycles. The third-order valence-corrected chi connectivity index (χ3v) is 15.6. The Bertz CT molecular complexity index is 2530. The van der Waals surface area contributed by atoms with Crippen LogP contribution in [0.5, 0.6) is 0 Å². The monoisotopic (exact) mass is 1570 g/mol. The van der Waals surface area contributed by atoms with Gasteiger partial charge in [-0.25, -0.2) is 14.4 Å². The number of carboxylic acid groups (broad SMARTS) is 3. The number of carboxylic acids is 3. The number of alkyl halides is 9. The number of aliphatic imine (C=N–C) groups is 3. The zero-order valence-corrected chi connectivity index (χ0v) is 63.0. The number of nitrogens with two attached hydrogens (primary N) is 7. The van der Waals surface area contributed by atoms with Gasteiger partial charge in [0.2, 0.25) is 41.4 Å². The number of carbonyl (C=O) groups is 10. The lowest BCUT2D eigenvalue weighted by Crippen LogP contribution is -2.56.